The Balaban J connectivity index is 2.02. The van der Waals surface area contributed by atoms with Crippen molar-refractivity contribution < 1.29 is 9.53 Å². The predicted molar refractivity (Wildman–Crippen MR) is 73.8 cm³/mol. The molecule has 1 heterocycles. The van der Waals surface area contributed by atoms with Crippen LogP contribution in [0.15, 0.2) is 23.3 Å². The van der Waals surface area contributed by atoms with E-state index in [1.165, 1.54) is 0 Å². The zero-order valence-corrected chi connectivity index (χ0v) is 11.5. The Hall–Kier alpha value is -2.07. The second-order valence-corrected chi connectivity index (χ2v) is 4.90. The molecule has 0 N–H and O–H groups in total. The third-order valence-corrected chi connectivity index (χ3v) is 3.60. The van der Waals surface area contributed by atoms with Crippen LogP contribution in [-0.2, 0) is 16.1 Å². The number of esters is 1. The lowest BCUT2D eigenvalue weighted by Crippen LogP contribution is -2.14. The van der Waals surface area contributed by atoms with E-state index < -0.39 is 0 Å². The number of ether oxygens (including phenoxy) is 1. The summed E-state index contributed by atoms with van der Waals surface area (Å²) in [5.74, 6) is 0.179. The zero-order chi connectivity index (χ0) is 14.4. The molecule has 106 valence electrons. The van der Waals surface area contributed by atoms with Crippen molar-refractivity contribution in [2.45, 2.75) is 38.6 Å². The van der Waals surface area contributed by atoms with E-state index in [4.69, 9.17) is 10.3 Å². The Morgan fingerprint density at radius 2 is 2.40 bits per heavy atom. The first-order valence-corrected chi connectivity index (χ1v) is 6.88. The normalized spacial score (nSPS) is 21.2. The van der Waals surface area contributed by atoms with Gasteiger partial charge in [-0.1, -0.05) is 11.2 Å². The van der Waals surface area contributed by atoms with Gasteiger partial charge in [-0.15, -0.1) is 0 Å². The monoisotopic (exact) mass is 274 g/mol. The van der Waals surface area contributed by atoms with Gasteiger partial charge in [-0.05, 0) is 43.9 Å². The van der Waals surface area contributed by atoms with Gasteiger partial charge in [0, 0.05) is 22.2 Å². The minimum Gasteiger partial charge on any atom is -0.466 e. The highest BCUT2D eigenvalue weighted by Gasteiger charge is 2.32. The van der Waals surface area contributed by atoms with Gasteiger partial charge >= 0.3 is 5.97 Å². The quantitative estimate of drug-likeness (QED) is 0.357. The van der Waals surface area contributed by atoms with Crippen LogP contribution >= 0.6 is 0 Å². The van der Waals surface area contributed by atoms with Gasteiger partial charge in [-0.25, -0.2) is 0 Å². The first-order chi connectivity index (χ1) is 9.74. The summed E-state index contributed by atoms with van der Waals surface area (Å²) >= 11 is 0. The van der Waals surface area contributed by atoms with E-state index in [1.807, 2.05) is 25.1 Å². The number of hydrogen-bond acceptors (Lipinski definition) is 4. The number of azide groups is 1. The van der Waals surface area contributed by atoms with Crippen LogP contribution in [0.5, 0.6) is 0 Å². The minimum absolute atomic E-state index is 0.0115. The first-order valence-electron chi connectivity index (χ1n) is 6.88. The maximum Gasteiger partial charge on any atom is 0.308 e. The lowest BCUT2D eigenvalue weighted by molar-refractivity contribution is -0.147. The molecule has 0 aliphatic heterocycles. The van der Waals surface area contributed by atoms with Crippen LogP contribution in [0.4, 0.5) is 0 Å². The summed E-state index contributed by atoms with van der Waals surface area (Å²) in [5.41, 5.74) is 10.1. The molecule has 1 fully saturated rings. The van der Waals surface area contributed by atoms with Crippen molar-refractivity contribution in [3.63, 3.8) is 0 Å². The molecule has 1 saturated carbocycles. The number of nitrogens with zero attached hydrogens (tertiary/aromatic N) is 4. The lowest BCUT2D eigenvalue weighted by Gasteiger charge is -2.11. The molecule has 0 radical (unpaired) electrons. The van der Waals surface area contributed by atoms with E-state index in [2.05, 4.69) is 15.0 Å². The number of carbonyl (C=O) groups is 1. The predicted octanol–water partition coefficient (Wildman–Crippen LogP) is 3.34. The molecule has 1 aromatic heterocycles. The molecule has 1 aliphatic carbocycles. The van der Waals surface area contributed by atoms with E-state index in [9.17, 15) is 4.79 Å². The van der Waals surface area contributed by atoms with Gasteiger partial charge in [0.1, 0.15) is 0 Å². The SMILES string of the molecule is CCOC(=O)C1CCC(c2cccc(CN=[N+]=[N-])n2)C1. The van der Waals surface area contributed by atoms with Crippen molar-refractivity contribution in [2.75, 3.05) is 6.61 Å². The summed E-state index contributed by atoms with van der Waals surface area (Å²) in [5, 5.41) is 3.52. The van der Waals surface area contributed by atoms with Gasteiger partial charge in [0.15, 0.2) is 0 Å². The molecular weight excluding hydrogens is 256 g/mol. The molecular formula is C14H18N4O2. The number of pyridine rings is 1. The topological polar surface area (TPSA) is 88.0 Å². The second-order valence-electron chi connectivity index (χ2n) is 4.90. The molecule has 1 aliphatic rings. The standard InChI is InChI=1S/C14H18N4O2/c1-2-20-14(19)11-7-6-10(8-11)13-5-3-4-12(17-13)9-16-18-15/h3-5,10-11H,2,6-9H2,1H3. The van der Waals surface area contributed by atoms with Gasteiger partial charge in [0.25, 0.3) is 0 Å². The van der Waals surface area contributed by atoms with Crippen molar-refractivity contribution in [3.05, 3.63) is 40.0 Å². The van der Waals surface area contributed by atoms with Crippen LogP contribution in [0.1, 0.15) is 43.5 Å². The third-order valence-electron chi connectivity index (χ3n) is 3.60. The van der Waals surface area contributed by atoms with Crippen molar-refractivity contribution >= 4 is 5.97 Å². The maximum atomic E-state index is 11.7. The average molecular weight is 274 g/mol. The fraction of sp³-hybridized carbons (Fsp3) is 0.571. The Bertz CT molecular complexity index is 526. The fourth-order valence-electron chi connectivity index (χ4n) is 2.64. The van der Waals surface area contributed by atoms with Gasteiger partial charge in [-0.2, -0.15) is 0 Å². The lowest BCUT2D eigenvalue weighted by atomic mass is 10.0. The third kappa shape index (κ3) is 3.48. The highest BCUT2D eigenvalue weighted by atomic mass is 16.5. The summed E-state index contributed by atoms with van der Waals surface area (Å²) in [4.78, 5) is 19.0. The molecule has 0 bridgehead atoms. The zero-order valence-electron chi connectivity index (χ0n) is 11.5. The van der Waals surface area contributed by atoms with Crippen molar-refractivity contribution in [3.8, 4) is 0 Å². The molecule has 0 aromatic carbocycles. The molecule has 1 aromatic rings. The van der Waals surface area contributed by atoms with Crippen LogP contribution in [0.2, 0.25) is 0 Å². The number of rotatable bonds is 5. The second kappa shape index (κ2) is 6.91. The van der Waals surface area contributed by atoms with Gasteiger partial charge < -0.3 is 4.74 Å². The highest BCUT2D eigenvalue weighted by Crippen LogP contribution is 2.38. The smallest absolute Gasteiger partial charge is 0.308 e. The summed E-state index contributed by atoms with van der Waals surface area (Å²) in [6.45, 7) is 2.52. The number of carbonyl (C=O) groups excluding carboxylic acids is 1. The van der Waals surface area contributed by atoms with E-state index in [1.54, 1.807) is 0 Å². The summed E-state index contributed by atoms with van der Waals surface area (Å²) < 4.78 is 5.07. The maximum absolute atomic E-state index is 11.7. The van der Waals surface area contributed by atoms with E-state index in [0.717, 1.165) is 30.7 Å². The molecule has 6 nitrogen and oxygen atoms in total. The van der Waals surface area contributed by atoms with E-state index in [-0.39, 0.29) is 24.3 Å². The summed E-state index contributed by atoms with van der Waals surface area (Å²) in [7, 11) is 0. The van der Waals surface area contributed by atoms with Crippen LogP contribution in [0.25, 0.3) is 10.4 Å². The van der Waals surface area contributed by atoms with Crippen LogP contribution < -0.4 is 0 Å². The molecule has 20 heavy (non-hydrogen) atoms. The average Bonchev–Trinajstić information content (AvgIpc) is 2.95. The molecule has 0 saturated heterocycles. The molecule has 2 rings (SSSR count). The molecule has 2 atom stereocenters. The molecule has 0 amide bonds. The van der Waals surface area contributed by atoms with Crippen LogP contribution in [0.3, 0.4) is 0 Å². The summed E-state index contributed by atoms with van der Waals surface area (Å²) in [6, 6.07) is 5.73. The van der Waals surface area contributed by atoms with Gasteiger partial charge in [0.2, 0.25) is 0 Å². The van der Waals surface area contributed by atoms with E-state index in [0.29, 0.717) is 6.61 Å². The summed E-state index contributed by atoms with van der Waals surface area (Å²) in [6.07, 6.45) is 2.59. The van der Waals surface area contributed by atoms with Crippen LogP contribution in [0, 0.1) is 5.92 Å². The van der Waals surface area contributed by atoms with Crippen molar-refractivity contribution in [1.82, 2.24) is 4.98 Å². The Kier molecular flexibility index (Phi) is 4.96. The van der Waals surface area contributed by atoms with Crippen LogP contribution in [-0.4, -0.2) is 17.6 Å². The first kappa shape index (κ1) is 14.3. The fourth-order valence-corrected chi connectivity index (χ4v) is 2.64. The molecule has 0 spiro atoms. The molecule has 6 heteroatoms. The van der Waals surface area contributed by atoms with Gasteiger partial charge in [0.05, 0.1) is 19.1 Å². The largest absolute Gasteiger partial charge is 0.466 e. The van der Waals surface area contributed by atoms with Gasteiger partial charge in [-0.3, -0.25) is 9.78 Å². The Morgan fingerprint density at radius 1 is 1.55 bits per heavy atom. The molecule has 2 unspecified atom stereocenters. The number of hydrogen-bond donors (Lipinski definition) is 0. The van der Waals surface area contributed by atoms with Crippen molar-refractivity contribution in [1.29, 1.82) is 0 Å². The highest BCUT2D eigenvalue weighted by molar-refractivity contribution is 5.72. The van der Waals surface area contributed by atoms with Crippen molar-refractivity contribution in [2.24, 2.45) is 11.0 Å². The Morgan fingerprint density at radius 3 is 3.15 bits per heavy atom. The minimum atomic E-state index is -0.0970. The van der Waals surface area contributed by atoms with E-state index >= 15 is 0 Å². The number of aromatic nitrogens is 1. The Labute approximate surface area is 117 Å².